The Labute approximate surface area is 121 Å². The average Bonchev–Trinajstić information content (AvgIpc) is 2.85. The molecule has 0 spiro atoms. The third-order valence-corrected chi connectivity index (χ3v) is 2.91. The summed E-state index contributed by atoms with van der Waals surface area (Å²) < 4.78 is 17.8. The Balaban J connectivity index is 1.75. The first-order valence-electron chi connectivity index (χ1n) is 6.63. The summed E-state index contributed by atoms with van der Waals surface area (Å²) in [5.74, 6) is 0.754. The van der Waals surface area contributed by atoms with Crippen molar-refractivity contribution in [3.8, 4) is 0 Å². The summed E-state index contributed by atoms with van der Waals surface area (Å²) in [6.45, 7) is 3.95. The van der Waals surface area contributed by atoms with Crippen LogP contribution in [-0.2, 0) is 6.42 Å². The van der Waals surface area contributed by atoms with Gasteiger partial charge >= 0.3 is 6.03 Å². The fourth-order valence-electron chi connectivity index (χ4n) is 1.81. The standard InChI is InChI=1S/C14H17FN4O2/c1-9(11-3-5-12(15)6-4-11)17-14(20)16-8-7-13-18-10(2)19-21-13/h3-6,9H,7-8H2,1-2H3,(H2,16,17,20)/t9-/m0/s1. The Hall–Kier alpha value is -2.44. The zero-order chi connectivity index (χ0) is 15.2. The molecule has 0 unspecified atom stereocenters. The number of carbonyl (C=O) groups is 1. The molecular weight excluding hydrogens is 275 g/mol. The maximum absolute atomic E-state index is 12.8. The number of carbonyl (C=O) groups excluding carboxylic acids is 1. The van der Waals surface area contributed by atoms with Crippen LogP contribution in [-0.4, -0.2) is 22.7 Å². The molecule has 6 nitrogen and oxygen atoms in total. The van der Waals surface area contributed by atoms with E-state index < -0.39 is 0 Å². The van der Waals surface area contributed by atoms with Crippen molar-refractivity contribution >= 4 is 6.03 Å². The fourth-order valence-corrected chi connectivity index (χ4v) is 1.81. The maximum atomic E-state index is 12.8. The second-order valence-electron chi connectivity index (χ2n) is 4.66. The van der Waals surface area contributed by atoms with E-state index in [-0.39, 0.29) is 17.9 Å². The molecule has 2 rings (SSSR count). The Morgan fingerprint density at radius 2 is 2.10 bits per heavy atom. The molecule has 2 amide bonds. The van der Waals surface area contributed by atoms with Crippen LogP contribution in [0.25, 0.3) is 0 Å². The number of urea groups is 1. The van der Waals surface area contributed by atoms with E-state index in [1.54, 1.807) is 19.1 Å². The molecule has 0 saturated heterocycles. The molecule has 0 bridgehead atoms. The molecule has 0 fully saturated rings. The molecule has 2 aromatic rings. The minimum atomic E-state index is -0.303. The van der Waals surface area contributed by atoms with E-state index in [4.69, 9.17) is 4.52 Å². The SMILES string of the molecule is Cc1noc(CCNC(=O)N[C@@H](C)c2ccc(F)cc2)n1. The van der Waals surface area contributed by atoms with Crippen LogP contribution in [0.2, 0.25) is 0 Å². The number of halogens is 1. The molecule has 7 heteroatoms. The predicted octanol–water partition coefficient (Wildman–Crippen LogP) is 2.12. The summed E-state index contributed by atoms with van der Waals surface area (Å²) >= 11 is 0. The van der Waals surface area contributed by atoms with Crippen molar-refractivity contribution < 1.29 is 13.7 Å². The number of hydrogen-bond donors (Lipinski definition) is 2. The fraction of sp³-hybridized carbons (Fsp3) is 0.357. The molecule has 1 aromatic carbocycles. The van der Waals surface area contributed by atoms with E-state index in [1.807, 2.05) is 6.92 Å². The van der Waals surface area contributed by atoms with Gasteiger partial charge in [-0.05, 0) is 31.5 Å². The Morgan fingerprint density at radius 1 is 1.38 bits per heavy atom. The third-order valence-electron chi connectivity index (χ3n) is 2.91. The third kappa shape index (κ3) is 4.55. The Morgan fingerprint density at radius 3 is 2.71 bits per heavy atom. The van der Waals surface area contributed by atoms with E-state index >= 15 is 0 Å². The van der Waals surface area contributed by atoms with Gasteiger partial charge in [-0.25, -0.2) is 9.18 Å². The van der Waals surface area contributed by atoms with Crippen molar-refractivity contribution in [3.63, 3.8) is 0 Å². The van der Waals surface area contributed by atoms with E-state index in [0.717, 1.165) is 5.56 Å². The first-order valence-corrected chi connectivity index (χ1v) is 6.63. The molecular formula is C14H17FN4O2. The van der Waals surface area contributed by atoms with Crippen LogP contribution < -0.4 is 10.6 Å². The zero-order valence-corrected chi connectivity index (χ0v) is 11.9. The number of nitrogens with one attached hydrogen (secondary N) is 2. The number of benzene rings is 1. The van der Waals surface area contributed by atoms with Gasteiger partial charge in [0.2, 0.25) is 5.89 Å². The molecule has 0 radical (unpaired) electrons. The average molecular weight is 292 g/mol. The summed E-state index contributed by atoms with van der Waals surface area (Å²) in [6.07, 6.45) is 0.471. The van der Waals surface area contributed by atoms with Gasteiger partial charge in [0.15, 0.2) is 5.82 Å². The van der Waals surface area contributed by atoms with Crippen LogP contribution in [0.4, 0.5) is 9.18 Å². The highest BCUT2D eigenvalue weighted by Crippen LogP contribution is 2.12. The lowest BCUT2D eigenvalue weighted by molar-refractivity contribution is 0.237. The summed E-state index contributed by atoms with van der Waals surface area (Å²) in [6, 6.07) is 5.50. The molecule has 0 aliphatic carbocycles. The smallest absolute Gasteiger partial charge is 0.315 e. The second-order valence-corrected chi connectivity index (χ2v) is 4.66. The van der Waals surface area contributed by atoms with E-state index in [9.17, 15) is 9.18 Å². The van der Waals surface area contributed by atoms with Crippen LogP contribution >= 0.6 is 0 Å². The quantitative estimate of drug-likeness (QED) is 0.884. The van der Waals surface area contributed by atoms with Gasteiger partial charge in [0.1, 0.15) is 5.82 Å². The van der Waals surface area contributed by atoms with Gasteiger partial charge in [0.25, 0.3) is 0 Å². The van der Waals surface area contributed by atoms with Crippen molar-refractivity contribution in [1.29, 1.82) is 0 Å². The van der Waals surface area contributed by atoms with Crippen LogP contribution in [0, 0.1) is 12.7 Å². The number of nitrogens with zero attached hydrogens (tertiary/aromatic N) is 2. The minimum absolute atomic E-state index is 0.212. The zero-order valence-electron chi connectivity index (χ0n) is 11.9. The van der Waals surface area contributed by atoms with Crippen molar-refractivity contribution in [1.82, 2.24) is 20.8 Å². The minimum Gasteiger partial charge on any atom is -0.339 e. The Bertz CT molecular complexity index is 597. The van der Waals surface area contributed by atoms with Crippen molar-refractivity contribution in [2.75, 3.05) is 6.54 Å². The topological polar surface area (TPSA) is 80.0 Å². The van der Waals surface area contributed by atoms with Gasteiger partial charge in [-0.1, -0.05) is 17.3 Å². The molecule has 1 aromatic heterocycles. The first kappa shape index (κ1) is 15.0. The molecule has 2 N–H and O–H groups in total. The molecule has 112 valence electrons. The lowest BCUT2D eigenvalue weighted by atomic mass is 10.1. The number of amides is 2. The lowest BCUT2D eigenvalue weighted by Gasteiger charge is -2.14. The number of hydrogen-bond acceptors (Lipinski definition) is 4. The van der Waals surface area contributed by atoms with Gasteiger partial charge in [-0.15, -0.1) is 0 Å². The van der Waals surface area contributed by atoms with Crippen LogP contribution in [0.5, 0.6) is 0 Å². The van der Waals surface area contributed by atoms with Gasteiger partial charge in [-0.2, -0.15) is 4.98 Å². The van der Waals surface area contributed by atoms with Crippen LogP contribution in [0.1, 0.15) is 30.2 Å². The Kier molecular flexibility index (Phi) is 4.86. The van der Waals surface area contributed by atoms with Crippen LogP contribution in [0.15, 0.2) is 28.8 Å². The summed E-state index contributed by atoms with van der Waals surface area (Å²) in [7, 11) is 0. The van der Waals surface area contributed by atoms with Crippen molar-refractivity contribution in [2.45, 2.75) is 26.3 Å². The largest absolute Gasteiger partial charge is 0.339 e. The number of aryl methyl sites for hydroxylation is 1. The summed E-state index contributed by atoms with van der Waals surface area (Å²) in [4.78, 5) is 15.8. The number of rotatable bonds is 5. The molecule has 21 heavy (non-hydrogen) atoms. The molecule has 0 aliphatic heterocycles. The lowest BCUT2D eigenvalue weighted by Crippen LogP contribution is -2.38. The van der Waals surface area contributed by atoms with E-state index in [1.165, 1.54) is 12.1 Å². The maximum Gasteiger partial charge on any atom is 0.315 e. The summed E-state index contributed by atoms with van der Waals surface area (Å²) in [5.41, 5.74) is 0.832. The number of aromatic nitrogens is 2. The highest BCUT2D eigenvalue weighted by atomic mass is 19.1. The highest BCUT2D eigenvalue weighted by Gasteiger charge is 2.09. The van der Waals surface area contributed by atoms with Gasteiger partial charge in [0, 0.05) is 13.0 Å². The molecule has 1 atom stereocenters. The van der Waals surface area contributed by atoms with Crippen molar-refractivity contribution in [2.24, 2.45) is 0 Å². The summed E-state index contributed by atoms with van der Waals surface area (Å²) in [5, 5.41) is 9.13. The van der Waals surface area contributed by atoms with Gasteiger partial charge in [0.05, 0.1) is 6.04 Å². The second kappa shape index (κ2) is 6.83. The molecule has 1 heterocycles. The van der Waals surface area contributed by atoms with E-state index in [2.05, 4.69) is 20.8 Å². The highest BCUT2D eigenvalue weighted by molar-refractivity contribution is 5.74. The predicted molar refractivity (Wildman–Crippen MR) is 74.1 cm³/mol. The van der Waals surface area contributed by atoms with Crippen molar-refractivity contribution in [3.05, 3.63) is 47.4 Å². The first-order chi connectivity index (χ1) is 10.0. The van der Waals surface area contributed by atoms with Gasteiger partial charge in [-0.3, -0.25) is 0 Å². The van der Waals surface area contributed by atoms with E-state index in [0.29, 0.717) is 24.7 Å². The molecule has 0 aliphatic rings. The normalized spacial score (nSPS) is 12.0. The molecule has 0 saturated carbocycles. The monoisotopic (exact) mass is 292 g/mol. The van der Waals surface area contributed by atoms with Gasteiger partial charge < -0.3 is 15.2 Å². The van der Waals surface area contributed by atoms with Crippen LogP contribution in [0.3, 0.4) is 0 Å².